The molecule has 0 spiro atoms. The number of nitrogens with zero attached hydrogens (tertiary/aromatic N) is 3. The van der Waals surface area contributed by atoms with Crippen LogP contribution >= 0.6 is 43.6 Å². The van der Waals surface area contributed by atoms with Crippen molar-refractivity contribution in [2.24, 2.45) is 0 Å². The lowest BCUT2D eigenvalue weighted by Gasteiger charge is -2.13. The standard InChI is InChI=1S/C19H13Br2N5OS/c20-12-3-1-11(2-4-12)16(27)10-28-19-24-18-15(9-23-25-18)17(22)26(19)14-7-5-13(21)6-8-14/h1-9,22H,10H2,(H,23,25). The molecule has 28 heavy (non-hydrogen) atoms. The average molecular weight is 519 g/mol. The quantitative estimate of drug-likeness (QED) is 0.227. The van der Waals surface area contributed by atoms with Crippen LogP contribution in [0.25, 0.3) is 16.7 Å². The largest absolute Gasteiger partial charge is 0.293 e. The third kappa shape index (κ3) is 3.82. The highest BCUT2D eigenvalue weighted by molar-refractivity contribution is 9.10. The van der Waals surface area contributed by atoms with Crippen molar-refractivity contribution in [3.05, 3.63) is 74.7 Å². The second kappa shape index (κ2) is 8.02. The Labute approximate surface area is 181 Å². The van der Waals surface area contributed by atoms with E-state index < -0.39 is 0 Å². The van der Waals surface area contributed by atoms with Gasteiger partial charge in [-0.05, 0) is 36.4 Å². The van der Waals surface area contributed by atoms with Gasteiger partial charge in [-0.15, -0.1) is 0 Å². The topological polar surface area (TPSA) is 87.4 Å². The van der Waals surface area contributed by atoms with Crippen LogP contribution in [-0.4, -0.2) is 31.3 Å². The van der Waals surface area contributed by atoms with Gasteiger partial charge >= 0.3 is 0 Å². The fourth-order valence-corrected chi connectivity index (χ4v) is 4.11. The van der Waals surface area contributed by atoms with Gasteiger partial charge in [-0.2, -0.15) is 5.10 Å². The first-order valence-electron chi connectivity index (χ1n) is 8.21. The minimum Gasteiger partial charge on any atom is -0.293 e. The molecule has 2 N–H and O–H groups in total. The normalized spacial score (nSPS) is 11.1. The number of H-pyrrole nitrogens is 1. The first kappa shape index (κ1) is 19.1. The summed E-state index contributed by atoms with van der Waals surface area (Å²) in [6.45, 7) is 0. The molecule has 2 heterocycles. The van der Waals surface area contributed by atoms with Gasteiger partial charge in [0, 0.05) is 20.2 Å². The van der Waals surface area contributed by atoms with Crippen molar-refractivity contribution in [3.8, 4) is 5.69 Å². The number of hydrogen-bond donors (Lipinski definition) is 2. The van der Waals surface area contributed by atoms with Gasteiger partial charge in [0.2, 0.25) is 0 Å². The van der Waals surface area contributed by atoms with Crippen LogP contribution < -0.4 is 5.49 Å². The van der Waals surface area contributed by atoms with Crippen molar-refractivity contribution in [3.63, 3.8) is 0 Å². The maximum absolute atomic E-state index is 12.6. The van der Waals surface area contributed by atoms with Gasteiger partial charge < -0.3 is 0 Å². The molecule has 0 radical (unpaired) electrons. The van der Waals surface area contributed by atoms with Gasteiger partial charge in [0.1, 0.15) is 5.49 Å². The number of Topliss-reactive ketones (excluding diaryl/α,β-unsaturated/α-hetero) is 1. The Bertz CT molecular complexity index is 1220. The maximum atomic E-state index is 12.6. The molecule has 140 valence electrons. The highest BCUT2D eigenvalue weighted by Crippen LogP contribution is 2.23. The fourth-order valence-electron chi connectivity index (χ4n) is 2.68. The Balaban J connectivity index is 1.72. The van der Waals surface area contributed by atoms with Crippen LogP contribution in [0.3, 0.4) is 0 Å². The summed E-state index contributed by atoms with van der Waals surface area (Å²) in [5, 5.41) is 16.6. The predicted octanol–water partition coefficient (Wildman–Crippen LogP) is 4.73. The molecule has 6 nitrogen and oxygen atoms in total. The molecule has 0 unspecified atom stereocenters. The van der Waals surface area contributed by atoms with E-state index in [0.29, 0.717) is 21.8 Å². The van der Waals surface area contributed by atoms with Crippen molar-refractivity contribution in [1.82, 2.24) is 19.7 Å². The zero-order chi connectivity index (χ0) is 19.7. The smallest absolute Gasteiger partial charge is 0.176 e. The fraction of sp³-hybridized carbons (Fsp3) is 0.0526. The van der Waals surface area contributed by atoms with Crippen molar-refractivity contribution in [2.75, 3.05) is 5.75 Å². The summed E-state index contributed by atoms with van der Waals surface area (Å²) >= 11 is 8.10. The Morgan fingerprint density at radius 2 is 1.71 bits per heavy atom. The summed E-state index contributed by atoms with van der Waals surface area (Å²) in [5.41, 5.74) is 2.22. The van der Waals surface area contributed by atoms with E-state index in [-0.39, 0.29) is 17.0 Å². The van der Waals surface area contributed by atoms with Crippen LogP contribution in [0.5, 0.6) is 0 Å². The summed E-state index contributed by atoms with van der Waals surface area (Å²) < 4.78 is 3.60. The van der Waals surface area contributed by atoms with Crippen molar-refractivity contribution < 1.29 is 4.79 Å². The lowest BCUT2D eigenvalue weighted by atomic mass is 10.2. The number of hydrogen-bond acceptors (Lipinski definition) is 5. The molecule has 0 bridgehead atoms. The Kier molecular flexibility index (Phi) is 5.47. The molecule has 0 amide bonds. The number of benzene rings is 2. The van der Waals surface area contributed by atoms with E-state index >= 15 is 0 Å². The van der Waals surface area contributed by atoms with Crippen LogP contribution in [0.1, 0.15) is 10.4 Å². The van der Waals surface area contributed by atoms with Gasteiger partial charge in [-0.1, -0.05) is 55.8 Å². The number of ketones is 1. The van der Waals surface area contributed by atoms with E-state index in [9.17, 15) is 4.79 Å². The van der Waals surface area contributed by atoms with Gasteiger partial charge in [0.25, 0.3) is 0 Å². The van der Waals surface area contributed by atoms with E-state index in [2.05, 4.69) is 47.0 Å². The highest BCUT2D eigenvalue weighted by Gasteiger charge is 2.15. The molecule has 0 aliphatic rings. The van der Waals surface area contributed by atoms with Crippen LogP contribution in [0.4, 0.5) is 0 Å². The number of carbonyl (C=O) groups is 1. The maximum Gasteiger partial charge on any atom is 0.176 e. The molecular formula is C19H13Br2N5OS. The minimum atomic E-state index is -0.00195. The molecule has 9 heteroatoms. The summed E-state index contributed by atoms with van der Waals surface area (Å²) in [7, 11) is 0. The van der Waals surface area contributed by atoms with Crippen molar-refractivity contribution >= 4 is 60.4 Å². The van der Waals surface area contributed by atoms with Gasteiger partial charge in [-0.25, -0.2) is 4.98 Å². The van der Waals surface area contributed by atoms with Crippen molar-refractivity contribution in [1.29, 1.82) is 5.41 Å². The number of nitrogens with one attached hydrogen (secondary N) is 2. The molecule has 2 aromatic heterocycles. The molecule has 4 aromatic rings. The molecule has 4 rings (SSSR count). The van der Waals surface area contributed by atoms with Crippen LogP contribution in [0, 0.1) is 5.41 Å². The monoisotopic (exact) mass is 517 g/mol. The number of halogens is 2. The number of carbonyl (C=O) groups excluding carboxylic acids is 1. The average Bonchev–Trinajstić information content (AvgIpc) is 3.17. The second-order valence-electron chi connectivity index (χ2n) is 5.91. The predicted molar refractivity (Wildman–Crippen MR) is 116 cm³/mol. The third-order valence-corrected chi connectivity index (χ3v) is 6.08. The molecule has 0 saturated heterocycles. The Morgan fingerprint density at radius 1 is 1.07 bits per heavy atom. The van der Waals surface area contributed by atoms with E-state index in [4.69, 9.17) is 5.41 Å². The zero-order valence-corrected chi connectivity index (χ0v) is 18.3. The molecule has 0 fully saturated rings. The highest BCUT2D eigenvalue weighted by atomic mass is 79.9. The first-order chi connectivity index (χ1) is 13.5. The van der Waals surface area contributed by atoms with E-state index in [1.54, 1.807) is 22.9 Å². The molecule has 0 atom stereocenters. The van der Waals surface area contributed by atoms with Gasteiger partial charge in [-0.3, -0.25) is 19.9 Å². The van der Waals surface area contributed by atoms with E-state index in [1.165, 1.54) is 11.8 Å². The van der Waals surface area contributed by atoms with Gasteiger partial charge in [0.15, 0.2) is 16.6 Å². The van der Waals surface area contributed by atoms with Crippen molar-refractivity contribution in [2.45, 2.75) is 5.16 Å². The van der Waals surface area contributed by atoms with Gasteiger partial charge in [0.05, 0.1) is 17.3 Å². The number of aromatic amines is 1. The molecular weight excluding hydrogens is 506 g/mol. The summed E-state index contributed by atoms with van der Waals surface area (Å²) in [6.07, 6.45) is 1.58. The minimum absolute atomic E-state index is 0.00195. The summed E-state index contributed by atoms with van der Waals surface area (Å²) in [5.74, 6) is 0.211. The lowest BCUT2D eigenvalue weighted by Crippen LogP contribution is -2.22. The summed E-state index contributed by atoms with van der Waals surface area (Å²) in [4.78, 5) is 17.2. The van der Waals surface area contributed by atoms with Crippen LogP contribution in [-0.2, 0) is 0 Å². The third-order valence-electron chi connectivity index (χ3n) is 4.08. The number of aromatic nitrogens is 4. The first-order valence-corrected chi connectivity index (χ1v) is 10.8. The molecule has 0 saturated carbocycles. The number of rotatable bonds is 5. The number of thioether (sulfide) groups is 1. The van der Waals surface area contributed by atoms with E-state index in [0.717, 1.165) is 14.6 Å². The SMILES string of the molecule is N=c1c2cn[nH]c2nc(SCC(=O)c2ccc(Br)cc2)n1-c1ccc(Br)cc1. The second-order valence-corrected chi connectivity index (χ2v) is 8.68. The molecule has 0 aliphatic carbocycles. The zero-order valence-electron chi connectivity index (χ0n) is 14.3. The summed E-state index contributed by atoms with van der Waals surface area (Å²) in [6, 6.07) is 14.9. The molecule has 2 aromatic carbocycles. The van der Waals surface area contributed by atoms with Crippen LogP contribution in [0.15, 0.2) is 68.8 Å². The van der Waals surface area contributed by atoms with E-state index in [1.807, 2.05) is 36.4 Å². The Hall–Kier alpha value is -2.23. The molecule has 0 aliphatic heterocycles. The Morgan fingerprint density at radius 3 is 2.39 bits per heavy atom. The number of fused-ring (bicyclic) bond motifs is 1. The lowest BCUT2D eigenvalue weighted by molar-refractivity contribution is 0.102. The van der Waals surface area contributed by atoms with Crippen LogP contribution in [0.2, 0.25) is 0 Å².